The van der Waals surface area contributed by atoms with Crippen molar-refractivity contribution in [3.63, 3.8) is 0 Å². The highest BCUT2D eigenvalue weighted by Gasteiger charge is 2.44. The molecule has 0 unspecified atom stereocenters. The van der Waals surface area contributed by atoms with Crippen molar-refractivity contribution in [2.45, 2.75) is 62.4 Å². The van der Waals surface area contributed by atoms with E-state index in [1.165, 1.54) is 0 Å². The molecule has 0 radical (unpaired) electrons. The van der Waals surface area contributed by atoms with Crippen LogP contribution in [-0.2, 0) is 9.59 Å². The molecular weight excluding hydrogens is 743 g/mol. The number of halogens is 2. The van der Waals surface area contributed by atoms with Gasteiger partial charge in [0.05, 0.1) is 11.1 Å². The quantitative estimate of drug-likeness (QED) is 0.194. The first-order valence-corrected chi connectivity index (χ1v) is 18.5. The number of guanidine groups is 2. The van der Waals surface area contributed by atoms with Crippen LogP contribution in [0.25, 0.3) is 0 Å². The third-order valence-electron chi connectivity index (χ3n) is 11.1. The molecule has 7 rings (SSSR count). The number of nitrogens with two attached hydrogens (primary N) is 4. The van der Waals surface area contributed by atoms with Crippen LogP contribution in [0.1, 0.15) is 72.3 Å². The molecule has 1 saturated carbocycles. The van der Waals surface area contributed by atoms with E-state index in [1.807, 2.05) is 9.80 Å². The van der Waals surface area contributed by atoms with Crippen LogP contribution in [0.4, 0.5) is 23.3 Å². The standard InChI is InChI=1S/C32H42Cl2N16O4/c33-19-23(37)43-21(35)17(41-19)25(51)45-29-39-13-31(47-29)5-9-49(10-6-31)27(53)15-1-2-16(4-3-15)28(54)50-11-7-32(8-12-50)14-40-30(48-32)46-26(52)18-22(36)44-24(38)20(34)42-18/h15-16H,1-14H2,(H4,35,37,43)(H4,36,38,44)(H2,39,45,47,51)(H2,40,46,48,52)/t15-,16-. The lowest BCUT2D eigenvalue weighted by Crippen LogP contribution is -2.55. The molecule has 5 aliphatic rings. The average Bonchev–Trinajstić information content (AvgIpc) is 3.73. The fraction of sp³-hybridized carbons (Fsp3) is 0.562. The van der Waals surface area contributed by atoms with E-state index in [0.717, 1.165) is 0 Å². The number of rotatable bonds is 4. The summed E-state index contributed by atoms with van der Waals surface area (Å²) in [4.78, 5) is 80.1. The van der Waals surface area contributed by atoms with Crippen LogP contribution in [0, 0.1) is 11.8 Å². The second kappa shape index (κ2) is 14.5. The SMILES string of the molecule is Nc1nc(N)c(C(=O)/N=C2\NCC3(CCN(C(=O)[C@H]4CC[C@H](C(=O)N5CCC6(CC5)CN/C(=N\C(=O)c5nc(Cl)c(N)nc5N)N6)CC4)CC3)N2)nc1Cl. The molecule has 22 heteroatoms. The van der Waals surface area contributed by atoms with Crippen molar-refractivity contribution >= 4 is 82.0 Å². The van der Waals surface area contributed by atoms with Gasteiger partial charge in [-0.05, 0) is 51.4 Å². The Morgan fingerprint density at radius 1 is 0.593 bits per heavy atom. The number of anilines is 4. The van der Waals surface area contributed by atoms with Crippen LogP contribution in [0.2, 0.25) is 10.3 Å². The molecule has 4 amide bonds. The third kappa shape index (κ3) is 7.43. The van der Waals surface area contributed by atoms with E-state index < -0.39 is 11.8 Å². The summed E-state index contributed by atoms with van der Waals surface area (Å²) in [6.07, 6.45) is 5.37. The summed E-state index contributed by atoms with van der Waals surface area (Å²) in [6.45, 7) is 3.35. The fourth-order valence-corrected chi connectivity index (χ4v) is 8.10. The van der Waals surface area contributed by atoms with Gasteiger partial charge in [0.2, 0.25) is 11.8 Å². The molecule has 0 aromatic carbocycles. The number of hydrogen-bond donors (Lipinski definition) is 8. The number of nitrogen functional groups attached to an aromatic ring is 4. The zero-order valence-electron chi connectivity index (χ0n) is 29.3. The van der Waals surface area contributed by atoms with Crippen molar-refractivity contribution in [2.24, 2.45) is 21.8 Å². The molecule has 5 fully saturated rings. The van der Waals surface area contributed by atoms with Gasteiger partial charge in [-0.3, -0.25) is 19.2 Å². The first kappa shape index (κ1) is 37.1. The van der Waals surface area contributed by atoms with Gasteiger partial charge in [-0.15, -0.1) is 0 Å². The predicted molar refractivity (Wildman–Crippen MR) is 200 cm³/mol. The number of carbonyl (C=O) groups is 4. The largest absolute Gasteiger partial charge is 0.382 e. The maximum Gasteiger partial charge on any atom is 0.302 e. The van der Waals surface area contributed by atoms with E-state index in [-0.39, 0.29) is 79.7 Å². The molecule has 2 spiro atoms. The van der Waals surface area contributed by atoms with Crippen molar-refractivity contribution in [3.05, 3.63) is 21.7 Å². The molecule has 0 bridgehead atoms. The molecule has 6 heterocycles. The molecule has 20 nitrogen and oxygen atoms in total. The van der Waals surface area contributed by atoms with Crippen LogP contribution in [0.3, 0.4) is 0 Å². The van der Waals surface area contributed by atoms with Gasteiger partial charge >= 0.3 is 11.8 Å². The first-order chi connectivity index (χ1) is 25.7. The van der Waals surface area contributed by atoms with E-state index in [9.17, 15) is 19.2 Å². The van der Waals surface area contributed by atoms with Crippen LogP contribution < -0.4 is 44.2 Å². The number of amides is 4. The Morgan fingerprint density at radius 3 is 1.30 bits per heavy atom. The summed E-state index contributed by atoms with van der Waals surface area (Å²) < 4.78 is 0. The Kier molecular flexibility index (Phi) is 9.98. The van der Waals surface area contributed by atoms with E-state index >= 15 is 0 Å². The van der Waals surface area contributed by atoms with Crippen molar-refractivity contribution in [2.75, 3.05) is 62.2 Å². The first-order valence-electron chi connectivity index (χ1n) is 17.8. The number of aliphatic imine (C=N–C) groups is 2. The lowest BCUT2D eigenvalue weighted by Gasteiger charge is -2.42. The molecule has 2 aromatic rings. The molecular formula is C32H42Cl2N16O4. The Labute approximate surface area is 319 Å². The van der Waals surface area contributed by atoms with Gasteiger partial charge in [0.25, 0.3) is 0 Å². The van der Waals surface area contributed by atoms with Crippen molar-refractivity contribution in [1.82, 2.24) is 51.0 Å². The maximum atomic E-state index is 13.6. The number of nitrogens with zero attached hydrogens (tertiary/aromatic N) is 8. The predicted octanol–water partition coefficient (Wildman–Crippen LogP) is -0.491. The van der Waals surface area contributed by atoms with Crippen LogP contribution >= 0.6 is 23.2 Å². The summed E-state index contributed by atoms with van der Waals surface area (Å²) in [5.41, 5.74) is 21.7. The number of nitrogens with one attached hydrogen (secondary N) is 4. The minimum absolute atomic E-state index is 0.0740. The van der Waals surface area contributed by atoms with E-state index in [2.05, 4.69) is 51.2 Å². The summed E-state index contributed by atoms with van der Waals surface area (Å²) in [7, 11) is 0. The number of aromatic nitrogens is 4. The smallest absolute Gasteiger partial charge is 0.302 e. The van der Waals surface area contributed by atoms with Gasteiger partial charge in [0.15, 0.2) is 56.9 Å². The van der Waals surface area contributed by atoms with Crippen molar-refractivity contribution in [1.29, 1.82) is 0 Å². The summed E-state index contributed by atoms with van der Waals surface area (Å²) >= 11 is 11.8. The van der Waals surface area contributed by atoms with Crippen molar-refractivity contribution in [3.8, 4) is 0 Å². The van der Waals surface area contributed by atoms with Gasteiger partial charge in [-0.2, -0.15) is 9.98 Å². The number of carbonyl (C=O) groups excluding carboxylic acids is 4. The highest BCUT2D eigenvalue weighted by atomic mass is 35.5. The topological polar surface area (TPSA) is 303 Å². The molecule has 12 N–H and O–H groups in total. The molecule has 288 valence electrons. The van der Waals surface area contributed by atoms with E-state index in [0.29, 0.717) is 103 Å². The second-order valence-electron chi connectivity index (χ2n) is 14.5. The van der Waals surface area contributed by atoms with Gasteiger partial charge in [0, 0.05) is 51.1 Å². The zero-order valence-corrected chi connectivity index (χ0v) is 30.8. The Bertz CT molecular complexity index is 1800. The van der Waals surface area contributed by atoms with Gasteiger partial charge < -0.3 is 54.0 Å². The van der Waals surface area contributed by atoms with Gasteiger partial charge in [-0.25, -0.2) is 19.9 Å². The Hall–Kier alpha value is -5.24. The third-order valence-corrected chi connectivity index (χ3v) is 11.6. The van der Waals surface area contributed by atoms with Gasteiger partial charge in [-0.1, -0.05) is 23.2 Å². The number of piperidine rings is 2. The van der Waals surface area contributed by atoms with Crippen molar-refractivity contribution < 1.29 is 19.2 Å². The minimum Gasteiger partial charge on any atom is -0.382 e. The molecule has 4 saturated heterocycles. The van der Waals surface area contributed by atoms with Crippen LogP contribution in [0.5, 0.6) is 0 Å². The average molecular weight is 786 g/mol. The van der Waals surface area contributed by atoms with Gasteiger partial charge in [0.1, 0.15) is 0 Å². The normalized spacial score (nSPS) is 24.6. The lowest BCUT2D eigenvalue weighted by atomic mass is 9.79. The zero-order chi connectivity index (χ0) is 38.4. The number of hydrogen-bond acceptors (Lipinski definition) is 12. The highest BCUT2D eigenvalue weighted by Crippen LogP contribution is 2.35. The lowest BCUT2D eigenvalue weighted by molar-refractivity contribution is -0.143. The molecule has 0 atom stereocenters. The summed E-state index contributed by atoms with van der Waals surface area (Å²) in [6, 6.07) is 0. The molecule has 1 aliphatic carbocycles. The van der Waals surface area contributed by atoms with Crippen LogP contribution in [0.15, 0.2) is 9.98 Å². The molecule has 54 heavy (non-hydrogen) atoms. The van der Waals surface area contributed by atoms with Crippen LogP contribution in [-0.4, -0.2) is 116 Å². The fourth-order valence-electron chi connectivity index (χ4n) is 7.84. The Morgan fingerprint density at radius 2 is 0.944 bits per heavy atom. The summed E-state index contributed by atoms with van der Waals surface area (Å²) in [5.74, 6) is -1.26. The highest BCUT2D eigenvalue weighted by molar-refractivity contribution is 6.32. The Balaban J connectivity index is 0.846. The second-order valence-corrected chi connectivity index (χ2v) is 15.2. The molecule has 4 aliphatic heterocycles. The van der Waals surface area contributed by atoms with E-state index in [4.69, 9.17) is 46.1 Å². The number of likely N-dealkylation sites (tertiary alicyclic amines) is 2. The maximum absolute atomic E-state index is 13.6. The monoisotopic (exact) mass is 784 g/mol. The van der Waals surface area contributed by atoms with E-state index in [1.54, 1.807) is 0 Å². The minimum atomic E-state index is -0.706. The summed E-state index contributed by atoms with van der Waals surface area (Å²) in [5, 5.41) is 12.7. The molecule has 2 aromatic heterocycles.